The molecule has 0 spiro atoms. The number of ether oxygens (including phenoxy) is 1. The molecule has 0 fully saturated rings. The molecule has 0 unspecified atom stereocenters. The summed E-state index contributed by atoms with van der Waals surface area (Å²) in [6, 6.07) is 18.5. The average Bonchev–Trinajstić information content (AvgIpc) is 3.06. The molecule has 4 rings (SSSR count). The van der Waals surface area contributed by atoms with Crippen molar-refractivity contribution in [3.8, 4) is 5.75 Å². The first kappa shape index (κ1) is 22.6. The van der Waals surface area contributed by atoms with Gasteiger partial charge in [-0.3, -0.25) is 19.7 Å². The SMILES string of the molecule is CCOc1ccc(C(=O)NC(=S)Nc2cccc3c2C(=O)N(c2ccccc2)C3=O)cc1Br. The van der Waals surface area contributed by atoms with E-state index in [1.165, 1.54) is 0 Å². The summed E-state index contributed by atoms with van der Waals surface area (Å²) in [5.74, 6) is -0.689. The molecule has 0 aromatic heterocycles. The molecule has 3 aromatic carbocycles. The summed E-state index contributed by atoms with van der Waals surface area (Å²) in [6.07, 6.45) is 0. The fraction of sp³-hybridized carbons (Fsp3) is 0.0833. The number of nitrogens with one attached hydrogen (secondary N) is 2. The maximum absolute atomic E-state index is 13.1. The predicted octanol–water partition coefficient (Wildman–Crippen LogP) is 4.78. The maximum atomic E-state index is 13.1. The number of hydrogen-bond acceptors (Lipinski definition) is 5. The van der Waals surface area contributed by atoms with E-state index in [9.17, 15) is 14.4 Å². The lowest BCUT2D eigenvalue weighted by molar-refractivity contribution is 0.0924. The number of carbonyl (C=O) groups excluding carboxylic acids is 3. The van der Waals surface area contributed by atoms with Crippen LogP contribution < -0.4 is 20.3 Å². The van der Waals surface area contributed by atoms with E-state index >= 15 is 0 Å². The van der Waals surface area contributed by atoms with E-state index in [4.69, 9.17) is 17.0 Å². The molecular formula is C24H18BrN3O4S. The minimum Gasteiger partial charge on any atom is -0.493 e. The first-order chi connectivity index (χ1) is 15.9. The Hall–Kier alpha value is -3.56. The van der Waals surface area contributed by atoms with Crippen LogP contribution in [-0.2, 0) is 0 Å². The van der Waals surface area contributed by atoms with Crippen LogP contribution >= 0.6 is 28.1 Å². The van der Waals surface area contributed by atoms with Gasteiger partial charge in [-0.15, -0.1) is 0 Å². The third-order valence-corrected chi connectivity index (χ3v) is 5.72. The van der Waals surface area contributed by atoms with Gasteiger partial charge >= 0.3 is 0 Å². The van der Waals surface area contributed by atoms with Crippen LogP contribution in [0.1, 0.15) is 38.0 Å². The van der Waals surface area contributed by atoms with Crippen LogP contribution in [-0.4, -0.2) is 29.4 Å². The monoisotopic (exact) mass is 523 g/mol. The summed E-state index contributed by atoms with van der Waals surface area (Å²) < 4.78 is 6.09. The van der Waals surface area contributed by atoms with Crippen LogP contribution in [0.5, 0.6) is 5.75 Å². The number of anilines is 2. The van der Waals surface area contributed by atoms with Gasteiger partial charge in [-0.25, -0.2) is 4.90 Å². The van der Waals surface area contributed by atoms with Gasteiger partial charge in [0.1, 0.15) is 5.75 Å². The lowest BCUT2D eigenvalue weighted by Gasteiger charge is -2.14. The van der Waals surface area contributed by atoms with E-state index in [1.807, 2.05) is 6.92 Å². The lowest BCUT2D eigenvalue weighted by atomic mass is 10.1. The highest BCUT2D eigenvalue weighted by Gasteiger charge is 2.38. The van der Waals surface area contributed by atoms with Crippen LogP contribution in [0.25, 0.3) is 0 Å². The maximum Gasteiger partial charge on any atom is 0.268 e. The number of rotatable bonds is 5. The van der Waals surface area contributed by atoms with Crippen molar-refractivity contribution in [2.45, 2.75) is 6.92 Å². The Morgan fingerprint density at radius 2 is 1.79 bits per heavy atom. The zero-order valence-electron chi connectivity index (χ0n) is 17.4. The van der Waals surface area contributed by atoms with E-state index in [2.05, 4.69) is 26.6 Å². The number of hydrogen-bond donors (Lipinski definition) is 2. The number of nitrogens with zero attached hydrogens (tertiary/aromatic N) is 1. The molecule has 0 saturated heterocycles. The number of fused-ring (bicyclic) bond motifs is 1. The number of amides is 3. The third-order valence-electron chi connectivity index (χ3n) is 4.90. The number of imide groups is 1. The van der Waals surface area contributed by atoms with Crippen molar-refractivity contribution in [3.63, 3.8) is 0 Å². The first-order valence-electron chi connectivity index (χ1n) is 10.0. The topological polar surface area (TPSA) is 87.7 Å². The van der Waals surface area contributed by atoms with Gasteiger partial charge in [-0.1, -0.05) is 24.3 Å². The van der Waals surface area contributed by atoms with Crippen molar-refractivity contribution in [1.82, 2.24) is 5.32 Å². The molecule has 0 bridgehead atoms. The Balaban J connectivity index is 1.52. The molecule has 33 heavy (non-hydrogen) atoms. The molecule has 7 nitrogen and oxygen atoms in total. The van der Waals surface area contributed by atoms with E-state index in [0.29, 0.717) is 33.8 Å². The van der Waals surface area contributed by atoms with Crippen LogP contribution in [0.4, 0.5) is 11.4 Å². The van der Waals surface area contributed by atoms with Crippen LogP contribution in [0.3, 0.4) is 0 Å². The van der Waals surface area contributed by atoms with E-state index in [1.54, 1.807) is 66.7 Å². The predicted molar refractivity (Wildman–Crippen MR) is 133 cm³/mol. The van der Waals surface area contributed by atoms with Gasteiger partial charge in [-0.2, -0.15) is 0 Å². The number of thiocarbonyl (C=S) groups is 1. The van der Waals surface area contributed by atoms with E-state index in [-0.39, 0.29) is 16.2 Å². The second kappa shape index (κ2) is 9.51. The summed E-state index contributed by atoms with van der Waals surface area (Å²) in [5.41, 5.74) is 1.65. The van der Waals surface area contributed by atoms with Gasteiger partial charge in [0.05, 0.1) is 33.6 Å². The van der Waals surface area contributed by atoms with Crippen LogP contribution in [0.15, 0.2) is 71.2 Å². The molecule has 0 aliphatic carbocycles. The summed E-state index contributed by atoms with van der Waals surface area (Å²) >= 11 is 8.67. The Morgan fingerprint density at radius 3 is 2.48 bits per heavy atom. The van der Waals surface area contributed by atoms with Crippen LogP contribution in [0.2, 0.25) is 0 Å². The van der Waals surface area contributed by atoms with E-state index < -0.39 is 17.7 Å². The number of carbonyl (C=O) groups is 3. The second-order valence-electron chi connectivity index (χ2n) is 7.00. The Labute approximate surface area is 203 Å². The molecule has 166 valence electrons. The smallest absolute Gasteiger partial charge is 0.268 e. The molecule has 9 heteroatoms. The molecule has 0 radical (unpaired) electrons. The van der Waals surface area contributed by atoms with E-state index in [0.717, 1.165) is 4.90 Å². The van der Waals surface area contributed by atoms with Crippen molar-refractivity contribution in [1.29, 1.82) is 0 Å². The summed E-state index contributed by atoms with van der Waals surface area (Å²) in [6.45, 7) is 2.37. The minimum absolute atomic E-state index is 0.00295. The fourth-order valence-electron chi connectivity index (χ4n) is 3.44. The minimum atomic E-state index is -0.464. The van der Waals surface area contributed by atoms with Gasteiger partial charge in [-0.05, 0) is 77.5 Å². The molecule has 1 heterocycles. The molecule has 0 atom stereocenters. The lowest BCUT2D eigenvalue weighted by Crippen LogP contribution is -2.34. The van der Waals surface area contributed by atoms with Crippen molar-refractivity contribution < 1.29 is 19.1 Å². The Bertz CT molecular complexity index is 1280. The highest BCUT2D eigenvalue weighted by Crippen LogP contribution is 2.33. The second-order valence-corrected chi connectivity index (χ2v) is 8.26. The summed E-state index contributed by atoms with van der Waals surface area (Å²) in [7, 11) is 0. The summed E-state index contributed by atoms with van der Waals surface area (Å²) in [5, 5.41) is 5.47. The third kappa shape index (κ3) is 4.50. The normalized spacial score (nSPS) is 12.4. The van der Waals surface area contributed by atoms with Gasteiger partial charge in [0, 0.05) is 5.56 Å². The Kier molecular flexibility index (Phi) is 6.52. The largest absolute Gasteiger partial charge is 0.493 e. The zero-order valence-corrected chi connectivity index (χ0v) is 19.8. The zero-order chi connectivity index (χ0) is 23.5. The van der Waals surface area contributed by atoms with Crippen molar-refractivity contribution >= 4 is 62.4 Å². The molecule has 2 N–H and O–H groups in total. The first-order valence-corrected chi connectivity index (χ1v) is 11.2. The highest BCUT2D eigenvalue weighted by molar-refractivity contribution is 9.10. The molecule has 1 aliphatic rings. The molecule has 1 aliphatic heterocycles. The molecule has 3 aromatic rings. The highest BCUT2D eigenvalue weighted by atomic mass is 79.9. The quantitative estimate of drug-likeness (QED) is 0.369. The van der Waals surface area contributed by atoms with Crippen LogP contribution in [0, 0.1) is 0 Å². The van der Waals surface area contributed by atoms with Gasteiger partial charge < -0.3 is 10.1 Å². The summed E-state index contributed by atoms with van der Waals surface area (Å²) in [4.78, 5) is 39.7. The standard InChI is InChI=1S/C24H18BrN3O4S/c1-2-32-19-12-11-14(13-17(19)25)21(29)27-24(33)26-18-10-6-9-16-20(18)23(31)28(22(16)30)15-7-4-3-5-8-15/h3-13H,2H2,1H3,(H2,26,27,29,33). The van der Waals surface area contributed by atoms with Gasteiger partial charge in [0.25, 0.3) is 17.7 Å². The number of para-hydroxylation sites is 1. The van der Waals surface area contributed by atoms with Crippen molar-refractivity contribution in [2.24, 2.45) is 0 Å². The molecular weight excluding hydrogens is 506 g/mol. The van der Waals surface area contributed by atoms with Gasteiger partial charge in [0.15, 0.2) is 5.11 Å². The number of benzene rings is 3. The molecule has 0 saturated carbocycles. The Morgan fingerprint density at radius 1 is 1.03 bits per heavy atom. The number of halogens is 1. The van der Waals surface area contributed by atoms with Crippen molar-refractivity contribution in [2.75, 3.05) is 16.8 Å². The average molecular weight is 524 g/mol. The molecule has 3 amide bonds. The van der Waals surface area contributed by atoms with Gasteiger partial charge in [0.2, 0.25) is 0 Å². The fourth-order valence-corrected chi connectivity index (χ4v) is 4.14. The van der Waals surface area contributed by atoms with Crippen molar-refractivity contribution in [3.05, 3.63) is 87.9 Å².